The molecule has 6 nitrogen and oxygen atoms in total. The highest BCUT2D eigenvalue weighted by atomic mass is 35.5. The Balaban J connectivity index is 1.95. The lowest BCUT2D eigenvalue weighted by molar-refractivity contribution is -0.137. The van der Waals surface area contributed by atoms with Crippen LogP contribution in [0.5, 0.6) is 0 Å². The smallest absolute Gasteiger partial charge is 0.340 e. The topological polar surface area (TPSA) is 80.9 Å². The first kappa shape index (κ1) is 22.2. The molecule has 1 saturated carbocycles. The van der Waals surface area contributed by atoms with E-state index in [9.17, 15) is 22.4 Å². The molecule has 168 valence electrons. The van der Waals surface area contributed by atoms with E-state index in [0.717, 1.165) is 12.1 Å². The van der Waals surface area contributed by atoms with Crippen molar-refractivity contribution in [2.45, 2.75) is 37.9 Å². The minimum absolute atomic E-state index is 0.105. The summed E-state index contributed by atoms with van der Waals surface area (Å²) in [6.07, 6.45) is -2.44. The number of hydrogen-bond donors (Lipinski definition) is 1. The quantitative estimate of drug-likeness (QED) is 0.535. The molecule has 2 aromatic heterocycles. The number of alkyl halides is 3. The number of carbonyl (C=O) groups excluding carboxylic acids is 1. The molecule has 0 radical (unpaired) electrons. The number of aryl methyl sites for hydroxylation is 1. The number of nitrogens with one attached hydrogen (secondary N) is 1. The van der Waals surface area contributed by atoms with E-state index in [0.29, 0.717) is 18.9 Å². The van der Waals surface area contributed by atoms with Gasteiger partial charge in [0.15, 0.2) is 5.82 Å². The fraction of sp³-hybridized carbons (Fsp3) is 0.333. The summed E-state index contributed by atoms with van der Waals surface area (Å²) >= 11 is 5.95. The molecular formula is C21H17ClF4N4O2. The summed E-state index contributed by atoms with van der Waals surface area (Å²) in [5.74, 6) is -1.46. The van der Waals surface area contributed by atoms with Crippen molar-refractivity contribution in [3.05, 3.63) is 75.9 Å². The molecule has 0 saturated heterocycles. The molecule has 3 aromatic rings. The summed E-state index contributed by atoms with van der Waals surface area (Å²) in [6, 6.07) is 5.06. The number of carbonyl (C=O) groups is 1. The van der Waals surface area contributed by atoms with Crippen LogP contribution in [0.4, 0.5) is 17.6 Å². The molecule has 0 aliphatic heterocycles. The van der Waals surface area contributed by atoms with Gasteiger partial charge in [-0.2, -0.15) is 18.2 Å². The van der Waals surface area contributed by atoms with Gasteiger partial charge < -0.3 is 9.84 Å². The van der Waals surface area contributed by atoms with Crippen molar-refractivity contribution in [2.75, 3.05) is 0 Å². The number of nitrogens with zero attached hydrogens (tertiary/aromatic N) is 3. The van der Waals surface area contributed by atoms with Crippen LogP contribution in [0.2, 0.25) is 5.02 Å². The van der Waals surface area contributed by atoms with Crippen LogP contribution in [0, 0.1) is 18.7 Å². The van der Waals surface area contributed by atoms with Crippen molar-refractivity contribution in [3.8, 4) is 0 Å². The zero-order valence-electron chi connectivity index (χ0n) is 16.7. The Labute approximate surface area is 185 Å². The number of rotatable bonds is 6. The van der Waals surface area contributed by atoms with Crippen LogP contribution in [-0.2, 0) is 22.9 Å². The highest BCUT2D eigenvalue weighted by molar-refractivity contribution is 6.30. The van der Waals surface area contributed by atoms with Crippen LogP contribution < -0.4 is 5.32 Å². The van der Waals surface area contributed by atoms with E-state index in [-0.39, 0.29) is 46.2 Å². The number of hydrogen-bond acceptors (Lipinski definition) is 5. The molecule has 4 rings (SSSR count). The summed E-state index contributed by atoms with van der Waals surface area (Å²) in [6.45, 7) is 1.55. The van der Waals surface area contributed by atoms with E-state index in [1.54, 1.807) is 6.92 Å². The van der Waals surface area contributed by atoms with Crippen molar-refractivity contribution >= 4 is 17.5 Å². The molecule has 1 unspecified atom stereocenters. The molecule has 1 aromatic carbocycles. The minimum Gasteiger partial charge on any atom is -0.340 e. The van der Waals surface area contributed by atoms with Crippen molar-refractivity contribution in [1.82, 2.24) is 20.4 Å². The number of aromatic nitrogens is 3. The van der Waals surface area contributed by atoms with Crippen LogP contribution in [0.15, 0.2) is 41.1 Å². The maximum atomic E-state index is 14.4. The second-order valence-electron chi connectivity index (χ2n) is 7.66. The monoisotopic (exact) mass is 468 g/mol. The Morgan fingerprint density at radius 2 is 1.94 bits per heavy atom. The molecule has 1 atom stereocenters. The highest BCUT2D eigenvalue weighted by Crippen LogP contribution is 2.39. The molecule has 1 aliphatic rings. The molecule has 2 heterocycles. The van der Waals surface area contributed by atoms with E-state index in [4.69, 9.17) is 16.1 Å². The third-order valence-corrected chi connectivity index (χ3v) is 5.38. The highest BCUT2D eigenvalue weighted by Gasteiger charge is 2.44. The van der Waals surface area contributed by atoms with E-state index < -0.39 is 23.1 Å². The fourth-order valence-corrected chi connectivity index (χ4v) is 3.57. The summed E-state index contributed by atoms with van der Waals surface area (Å²) in [5.41, 5.74) is -2.91. The van der Waals surface area contributed by atoms with Crippen LogP contribution >= 0.6 is 11.6 Å². The van der Waals surface area contributed by atoms with E-state index in [1.165, 1.54) is 18.3 Å². The number of pyridine rings is 1. The maximum absolute atomic E-state index is 14.4. The van der Waals surface area contributed by atoms with Gasteiger partial charge in [0.25, 0.3) is 0 Å². The van der Waals surface area contributed by atoms with Crippen LogP contribution in [0.1, 0.15) is 41.4 Å². The number of benzene rings is 1. The van der Waals surface area contributed by atoms with Gasteiger partial charge in [0.2, 0.25) is 11.8 Å². The van der Waals surface area contributed by atoms with Crippen molar-refractivity contribution in [1.29, 1.82) is 0 Å². The van der Waals surface area contributed by atoms with Gasteiger partial charge in [-0.15, -0.1) is 0 Å². The average molecular weight is 469 g/mol. The van der Waals surface area contributed by atoms with Gasteiger partial charge in [0.05, 0.1) is 16.3 Å². The Morgan fingerprint density at radius 3 is 2.50 bits per heavy atom. The van der Waals surface area contributed by atoms with Gasteiger partial charge in [-0.05, 0) is 48.7 Å². The molecule has 1 amide bonds. The largest absolute Gasteiger partial charge is 0.416 e. The van der Waals surface area contributed by atoms with Gasteiger partial charge in [-0.25, -0.2) is 4.39 Å². The van der Waals surface area contributed by atoms with Gasteiger partial charge >= 0.3 is 6.18 Å². The first-order valence-electron chi connectivity index (χ1n) is 9.68. The van der Waals surface area contributed by atoms with Crippen LogP contribution in [0.25, 0.3) is 0 Å². The summed E-state index contributed by atoms with van der Waals surface area (Å²) in [5, 5.41) is 6.91. The van der Waals surface area contributed by atoms with Crippen molar-refractivity contribution < 1.29 is 26.9 Å². The predicted octanol–water partition coefficient (Wildman–Crippen LogP) is 4.60. The van der Waals surface area contributed by atoms with Crippen LogP contribution in [0.3, 0.4) is 0 Å². The molecule has 0 bridgehead atoms. The van der Waals surface area contributed by atoms with E-state index >= 15 is 0 Å². The first-order chi connectivity index (χ1) is 15.1. The molecule has 32 heavy (non-hydrogen) atoms. The predicted molar refractivity (Wildman–Crippen MR) is 105 cm³/mol. The molecule has 0 spiro atoms. The molecular weight excluding hydrogens is 452 g/mol. The summed E-state index contributed by atoms with van der Waals surface area (Å²) < 4.78 is 59.9. The maximum Gasteiger partial charge on any atom is 0.416 e. The van der Waals surface area contributed by atoms with Crippen molar-refractivity contribution in [2.24, 2.45) is 5.92 Å². The normalized spacial score (nSPS) is 15.9. The van der Waals surface area contributed by atoms with Crippen LogP contribution in [-0.4, -0.2) is 21.0 Å². The summed E-state index contributed by atoms with van der Waals surface area (Å²) in [7, 11) is 0. The van der Waals surface area contributed by atoms with Gasteiger partial charge in [-0.3, -0.25) is 9.78 Å². The number of halogens is 5. The molecule has 1 aliphatic carbocycles. The van der Waals surface area contributed by atoms with E-state index in [1.807, 2.05) is 0 Å². The Morgan fingerprint density at radius 1 is 1.22 bits per heavy atom. The Bertz CT molecular complexity index is 1150. The van der Waals surface area contributed by atoms with Gasteiger partial charge in [0, 0.05) is 25.5 Å². The third-order valence-electron chi connectivity index (χ3n) is 5.16. The Kier molecular flexibility index (Phi) is 5.66. The fourth-order valence-electron chi connectivity index (χ4n) is 3.46. The third kappa shape index (κ3) is 4.59. The minimum atomic E-state index is -4.81. The zero-order valence-corrected chi connectivity index (χ0v) is 17.5. The molecule has 1 N–H and O–H groups in total. The molecule has 11 heteroatoms. The number of amides is 1. The second kappa shape index (κ2) is 8.16. The zero-order chi connectivity index (χ0) is 23.1. The van der Waals surface area contributed by atoms with Crippen molar-refractivity contribution in [3.63, 3.8) is 0 Å². The summed E-state index contributed by atoms with van der Waals surface area (Å²) in [4.78, 5) is 21.2. The van der Waals surface area contributed by atoms with E-state index in [2.05, 4.69) is 20.4 Å². The first-order valence-corrected chi connectivity index (χ1v) is 10.1. The SMILES string of the molecule is Cc1nc(CC(NC(=O)C2CC2)(c2cc(F)cc(C(F)(F)F)c2)c2ccc(Cl)cn2)no1. The van der Waals surface area contributed by atoms with Gasteiger partial charge in [0.1, 0.15) is 11.4 Å². The standard InChI is InChI=1S/C21H17ClF4N4O2/c1-11-28-18(30-32-11)9-20(29-19(31)12-2-3-12,17-5-4-15(22)10-27-17)13-6-14(21(24,25)26)8-16(23)7-13/h4-8,10,12H,2-3,9H2,1H3,(H,29,31). The van der Waals surface area contributed by atoms with Gasteiger partial charge in [-0.1, -0.05) is 16.8 Å². The second-order valence-corrected chi connectivity index (χ2v) is 8.10. The Hall–Kier alpha value is -3.01. The lowest BCUT2D eigenvalue weighted by atomic mass is 9.81. The lowest BCUT2D eigenvalue weighted by Crippen LogP contribution is -2.50. The average Bonchev–Trinajstić information content (AvgIpc) is 3.49. The molecule has 1 fully saturated rings. The lowest BCUT2D eigenvalue weighted by Gasteiger charge is -2.35.